The molecule has 1 rings (SSSR count). The van der Waals surface area contributed by atoms with Crippen LogP contribution in [0.3, 0.4) is 0 Å². The van der Waals surface area contributed by atoms with E-state index in [0.717, 1.165) is 5.92 Å². The van der Waals surface area contributed by atoms with Gasteiger partial charge in [0.05, 0.1) is 0 Å². The van der Waals surface area contributed by atoms with Gasteiger partial charge in [0.2, 0.25) is 0 Å². The zero-order valence-electron chi connectivity index (χ0n) is 12.3. The predicted octanol–water partition coefficient (Wildman–Crippen LogP) is 6.32. The molecule has 1 unspecified atom stereocenters. The standard InChI is InChI=1S/C18H30/c1-3-5-7-8-10-14-17(13-6-4-2)18-15-11-9-12-16-18/h9,11-12,15-17H,3-8,10,13-14H2,1-2H3. The normalized spacial score (nSPS) is 12.6. The van der Waals surface area contributed by atoms with Gasteiger partial charge in [-0.25, -0.2) is 0 Å². The van der Waals surface area contributed by atoms with E-state index in [1.54, 1.807) is 5.56 Å². The maximum Gasteiger partial charge on any atom is -0.0162 e. The number of benzene rings is 1. The Morgan fingerprint density at radius 1 is 0.722 bits per heavy atom. The van der Waals surface area contributed by atoms with Crippen molar-refractivity contribution in [2.45, 2.75) is 77.6 Å². The van der Waals surface area contributed by atoms with Crippen molar-refractivity contribution in [2.75, 3.05) is 0 Å². The van der Waals surface area contributed by atoms with Crippen LogP contribution in [-0.4, -0.2) is 0 Å². The lowest BCUT2D eigenvalue weighted by molar-refractivity contribution is 0.504. The van der Waals surface area contributed by atoms with Crippen molar-refractivity contribution in [2.24, 2.45) is 0 Å². The predicted molar refractivity (Wildman–Crippen MR) is 82.1 cm³/mol. The second-order valence-electron chi connectivity index (χ2n) is 5.45. The summed E-state index contributed by atoms with van der Waals surface area (Å²) < 4.78 is 0. The largest absolute Gasteiger partial charge is 0.0654 e. The molecule has 1 aromatic carbocycles. The summed E-state index contributed by atoms with van der Waals surface area (Å²) in [5.41, 5.74) is 1.56. The number of unbranched alkanes of at least 4 members (excludes halogenated alkanes) is 5. The first-order valence-electron chi connectivity index (χ1n) is 7.93. The molecule has 0 saturated carbocycles. The van der Waals surface area contributed by atoms with E-state index in [2.05, 4.69) is 44.2 Å². The Balaban J connectivity index is 2.36. The number of rotatable bonds is 10. The van der Waals surface area contributed by atoms with Crippen LogP contribution in [0.5, 0.6) is 0 Å². The van der Waals surface area contributed by atoms with Crippen molar-refractivity contribution < 1.29 is 0 Å². The molecule has 0 aromatic heterocycles. The first-order valence-corrected chi connectivity index (χ1v) is 7.93. The van der Waals surface area contributed by atoms with Crippen molar-refractivity contribution in [3.63, 3.8) is 0 Å². The molecule has 1 atom stereocenters. The molecule has 0 fully saturated rings. The molecule has 0 N–H and O–H groups in total. The second kappa shape index (κ2) is 10.2. The van der Waals surface area contributed by atoms with E-state index in [-0.39, 0.29) is 0 Å². The first-order chi connectivity index (χ1) is 8.88. The van der Waals surface area contributed by atoms with Gasteiger partial charge in [0.25, 0.3) is 0 Å². The smallest absolute Gasteiger partial charge is 0.0162 e. The van der Waals surface area contributed by atoms with E-state index in [4.69, 9.17) is 0 Å². The topological polar surface area (TPSA) is 0 Å². The summed E-state index contributed by atoms with van der Waals surface area (Å²) in [6, 6.07) is 11.1. The highest BCUT2D eigenvalue weighted by Gasteiger charge is 2.10. The fraction of sp³-hybridized carbons (Fsp3) is 0.667. The molecule has 18 heavy (non-hydrogen) atoms. The minimum absolute atomic E-state index is 0.799. The Bertz CT molecular complexity index is 275. The van der Waals surface area contributed by atoms with E-state index in [9.17, 15) is 0 Å². The fourth-order valence-electron chi connectivity index (χ4n) is 2.65. The quantitative estimate of drug-likeness (QED) is 0.424. The van der Waals surface area contributed by atoms with Crippen LogP contribution in [-0.2, 0) is 0 Å². The second-order valence-corrected chi connectivity index (χ2v) is 5.45. The Morgan fingerprint density at radius 2 is 1.33 bits per heavy atom. The molecule has 0 aliphatic carbocycles. The third-order valence-electron chi connectivity index (χ3n) is 3.83. The average molecular weight is 246 g/mol. The van der Waals surface area contributed by atoms with Crippen LogP contribution >= 0.6 is 0 Å². The summed E-state index contributed by atoms with van der Waals surface area (Å²) in [5, 5.41) is 0. The monoisotopic (exact) mass is 246 g/mol. The fourth-order valence-corrected chi connectivity index (χ4v) is 2.65. The van der Waals surface area contributed by atoms with E-state index in [0.29, 0.717) is 0 Å². The molecular weight excluding hydrogens is 216 g/mol. The SMILES string of the molecule is CCCCCCCC(CCCC)c1ccccc1. The lowest BCUT2D eigenvalue weighted by Gasteiger charge is -2.17. The van der Waals surface area contributed by atoms with Crippen molar-refractivity contribution in [1.29, 1.82) is 0 Å². The van der Waals surface area contributed by atoms with E-state index < -0.39 is 0 Å². The van der Waals surface area contributed by atoms with Gasteiger partial charge in [0.1, 0.15) is 0 Å². The summed E-state index contributed by atoms with van der Waals surface area (Å²) in [6.07, 6.45) is 12.4. The minimum atomic E-state index is 0.799. The Hall–Kier alpha value is -0.780. The van der Waals surface area contributed by atoms with Crippen LogP contribution in [0.1, 0.15) is 83.1 Å². The van der Waals surface area contributed by atoms with Gasteiger partial charge < -0.3 is 0 Å². The third kappa shape index (κ3) is 6.23. The Kier molecular flexibility index (Phi) is 8.63. The average Bonchev–Trinajstić information content (AvgIpc) is 2.43. The van der Waals surface area contributed by atoms with Gasteiger partial charge >= 0.3 is 0 Å². The van der Waals surface area contributed by atoms with Crippen LogP contribution in [0.2, 0.25) is 0 Å². The van der Waals surface area contributed by atoms with Crippen molar-refractivity contribution in [3.05, 3.63) is 35.9 Å². The number of hydrogen-bond acceptors (Lipinski definition) is 0. The lowest BCUT2D eigenvalue weighted by Crippen LogP contribution is -1.99. The zero-order valence-corrected chi connectivity index (χ0v) is 12.3. The van der Waals surface area contributed by atoms with Gasteiger partial charge in [0, 0.05) is 0 Å². The summed E-state index contributed by atoms with van der Waals surface area (Å²) in [6.45, 7) is 4.58. The first kappa shape index (κ1) is 15.3. The van der Waals surface area contributed by atoms with Gasteiger partial charge in [-0.1, -0.05) is 89.1 Å². The minimum Gasteiger partial charge on any atom is -0.0654 e. The molecule has 0 aliphatic heterocycles. The van der Waals surface area contributed by atoms with E-state index >= 15 is 0 Å². The van der Waals surface area contributed by atoms with Crippen LogP contribution in [0.15, 0.2) is 30.3 Å². The molecular formula is C18H30. The molecule has 0 radical (unpaired) electrons. The van der Waals surface area contributed by atoms with Crippen molar-refractivity contribution in [1.82, 2.24) is 0 Å². The highest BCUT2D eigenvalue weighted by Crippen LogP contribution is 2.27. The van der Waals surface area contributed by atoms with Crippen LogP contribution in [0.25, 0.3) is 0 Å². The van der Waals surface area contributed by atoms with Gasteiger partial charge in [-0.05, 0) is 24.3 Å². The van der Waals surface area contributed by atoms with Gasteiger partial charge in [-0.15, -0.1) is 0 Å². The van der Waals surface area contributed by atoms with Crippen LogP contribution < -0.4 is 0 Å². The highest BCUT2D eigenvalue weighted by molar-refractivity contribution is 5.19. The molecule has 0 spiro atoms. The van der Waals surface area contributed by atoms with Crippen LogP contribution in [0, 0.1) is 0 Å². The van der Waals surface area contributed by atoms with Crippen molar-refractivity contribution >= 4 is 0 Å². The van der Waals surface area contributed by atoms with E-state index in [1.165, 1.54) is 57.8 Å². The van der Waals surface area contributed by atoms with Crippen LogP contribution in [0.4, 0.5) is 0 Å². The lowest BCUT2D eigenvalue weighted by atomic mass is 9.88. The van der Waals surface area contributed by atoms with Gasteiger partial charge in [0.15, 0.2) is 0 Å². The number of hydrogen-bond donors (Lipinski definition) is 0. The summed E-state index contributed by atoms with van der Waals surface area (Å²) in [7, 11) is 0. The molecule has 0 nitrogen and oxygen atoms in total. The summed E-state index contributed by atoms with van der Waals surface area (Å²) in [4.78, 5) is 0. The molecule has 0 aliphatic rings. The molecule has 1 aromatic rings. The van der Waals surface area contributed by atoms with Crippen molar-refractivity contribution in [3.8, 4) is 0 Å². The molecule has 0 amide bonds. The Labute approximate surface area is 114 Å². The van der Waals surface area contributed by atoms with E-state index in [1.807, 2.05) is 0 Å². The molecule has 0 heterocycles. The summed E-state index contributed by atoms with van der Waals surface area (Å²) in [5.74, 6) is 0.799. The molecule has 0 bridgehead atoms. The molecule has 102 valence electrons. The maximum absolute atomic E-state index is 2.31. The zero-order chi connectivity index (χ0) is 13.1. The van der Waals surface area contributed by atoms with Gasteiger partial charge in [-0.3, -0.25) is 0 Å². The highest BCUT2D eigenvalue weighted by atomic mass is 14.1. The molecule has 0 heteroatoms. The van der Waals surface area contributed by atoms with Gasteiger partial charge in [-0.2, -0.15) is 0 Å². The summed E-state index contributed by atoms with van der Waals surface area (Å²) >= 11 is 0. The Morgan fingerprint density at radius 3 is 2.00 bits per heavy atom. The third-order valence-corrected chi connectivity index (χ3v) is 3.83. The molecule has 0 saturated heterocycles. The maximum atomic E-state index is 2.31.